The molecule has 0 spiro atoms. The van der Waals surface area contributed by atoms with Gasteiger partial charge >= 0.3 is 0 Å². The third-order valence-corrected chi connectivity index (χ3v) is 2.73. The number of hydrogen-bond acceptors (Lipinski definition) is 4. The first kappa shape index (κ1) is 10.9. The second-order valence-electron chi connectivity index (χ2n) is 4.38. The van der Waals surface area contributed by atoms with Crippen LogP contribution in [0.4, 0.5) is 11.5 Å². The minimum absolute atomic E-state index is 0.0797. The molecule has 1 aliphatic rings. The Morgan fingerprint density at radius 1 is 1.69 bits per heavy atom. The molecule has 1 fully saturated rings. The fourth-order valence-electron chi connectivity index (χ4n) is 1.78. The molecule has 16 heavy (non-hydrogen) atoms. The average molecular weight is 221 g/mol. The number of nitrogens with one attached hydrogen (secondary N) is 1. The quantitative estimate of drug-likeness (QED) is 0.613. The largest absolute Gasteiger partial charge is 0.367 e. The van der Waals surface area contributed by atoms with Crippen LogP contribution in [0.25, 0.3) is 0 Å². The lowest BCUT2D eigenvalue weighted by atomic mass is 10.1. The van der Waals surface area contributed by atoms with Crippen molar-refractivity contribution < 1.29 is 4.92 Å². The Hall–Kier alpha value is -1.65. The smallest absolute Gasteiger partial charge is 0.274 e. The van der Waals surface area contributed by atoms with Gasteiger partial charge in [0.25, 0.3) is 5.69 Å². The van der Waals surface area contributed by atoms with Crippen molar-refractivity contribution in [3.8, 4) is 0 Å². The second kappa shape index (κ2) is 4.47. The lowest BCUT2D eigenvalue weighted by molar-refractivity contribution is -0.384. The van der Waals surface area contributed by atoms with Crippen molar-refractivity contribution in [3.63, 3.8) is 0 Å². The predicted molar refractivity (Wildman–Crippen MR) is 61.3 cm³/mol. The van der Waals surface area contributed by atoms with Crippen LogP contribution in [0.2, 0.25) is 0 Å². The minimum Gasteiger partial charge on any atom is -0.367 e. The number of aromatic nitrogens is 1. The van der Waals surface area contributed by atoms with E-state index in [1.165, 1.54) is 31.2 Å². The Balaban J connectivity index is 1.96. The summed E-state index contributed by atoms with van der Waals surface area (Å²) < 4.78 is 0. The van der Waals surface area contributed by atoms with E-state index in [0.717, 1.165) is 12.3 Å². The van der Waals surface area contributed by atoms with E-state index in [4.69, 9.17) is 0 Å². The van der Waals surface area contributed by atoms with E-state index in [0.29, 0.717) is 11.9 Å². The summed E-state index contributed by atoms with van der Waals surface area (Å²) in [5.74, 6) is 1.42. The fraction of sp³-hybridized carbons (Fsp3) is 0.545. The van der Waals surface area contributed by atoms with E-state index in [1.54, 1.807) is 0 Å². The van der Waals surface area contributed by atoms with E-state index in [2.05, 4.69) is 17.2 Å². The van der Waals surface area contributed by atoms with Crippen molar-refractivity contribution in [2.45, 2.75) is 32.2 Å². The molecular formula is C11H15N3O2. The van der Waals surface area contributed by atoms with E-state index in [9.17, 15) is 10.1 Å². The Bertz CT molecular complexity index is 391. The highest BCUT2D eigenvalue weighted by atomic mass is 16.6. The van der Waals surface area contributed by atoms with Gasteiger partial charge in [-0.3, -0.25) is 10.1 Å². The van der Waals surface area contributed by atoms with Crippen molar-refractivity contribution in [2.75, 3.05) is 5.32 Å². The van der Waals surface area contributed by atoms with Crippen LogP contribution < -0.4 is 5.32 Å². The molecule has 1 atom stereocenters. The molecule has 2 rings (SSSR count). The first-order valence-corrected chi connectivity index (χ1v) is 5.52. The molecule has 0 amide bonds. The van der Waals surface area contributed by atoms with Crippen LogP contribution in [0.1, 0.15) is 26.2 Å². The second-order valence-corrected chi connectivity index (χ2v) is 4.38. The number of nitrogens with zero attached hydrogens (tertiary/aromatic N) is 2. The third kappa shape index (κ3) is 2.92. The van der Waals surface area contributed by atoms with Crippen molar-refractivity contribution in [3.05, 3.63) is 28.4 Å². The molecule has 0 bridgehead atoms. The molecule has 1 aromatic heterocycles. The maximum Gasteiger partial charge on any atom is 0.274 e. The number of rotatable bonds is 5. The highest BCUT2D eigenvalue weighted by molar-refractivity contribution is 5.44. The van der Waals surface area contributed by atoms with Gasteiger partial charge in [0.1, 0.15) is 5.82 Å². The van der Waals surface area contributed by atoms with Gasteiger partial charge in [0, 0.05) is 18.3 Å². The summed E-state index contributed by atoms with van der Waals surface area (Å²) in [5, 5.41) is 13.8. The van der Waals surface area contributed by atoms with Gasteiger partial charge in [0.15, 0.2) is 0 Å². The summed E-state index contributed by atoms with van der Waals surface area (Å²) in [6.45, 7) is 2.08. The van der Waals surface area contributed by atoms with Gasteiger partial charge in [-0.25, -0.2) is 4.98 Å². The third-order valence-electron chi connectivity index (χ3n) is 2.73. The summed E-state index contributed by atoms with van der Waals surface area (Å²) in [6, 6.07) is 3.20. The zero-order valence-corrected chi connectivity index (χ0v) is 9.22. The van der Waals surface area contributed by atoms with Gasteiger partial charge in [0.05, 0.1) is 11.0 Å². The number of anilines is 1. The standard InChI is InChI=1S/C11H15N3O2/c1-8(6-9-2-3-9)13-11-7-10(14(15)16)4-5-12-11/h4-5,7-9H,2-3,6H2,1H3,(H,12,13). The van der Waals surface area contributed by atoms with Crippen molar-refractivity contribution in [2.24, 2.45) is 5.92 Å². The molecule has 1 aliphatic carbocycles. The van der Waals surface area contributed by atoms with Gasteiger partial charge in [-0.1, -0.05) is 12.8 Å². The summed E-state index contributed by atoms with van der Waals surface area (Å²) in [4.78, 5) is 14.2. The minimum atomic E-state index is -0.404. The molecule has 0 saturated heterocycles. The van der Waals surface area contributed by atoms with Gasteiger partial charge < -0.3 is 5.32 Å². The lowest BCUT2D eigenvalue weighted by Gasteiger charge is -2.13. The van der Waals surface area contributed by atoms with Crippen molar-refractivity contribution in [1.82, 2.24) is 4.98 Å². The average Bonchev–Trinajstić information content (AvgIpc) is 3.01. The molecule has 1 heterocycles. The number of nitro groups is 1. The molecular weight excluding hydrogens is 206 g/mol. The van der Waals surface area contributed by atoms with Crippen LogP contribution in [0.15, 0.2) is 18.3 Å². The normalized spacial score (nSPS) is 16.8. The van der Waals surface area contributed by atoms with Crippen LogP contribution in [0, 0.1) is 16.0 Å². The summed E-state index contributed by atoms with van der Waals surface area (Å²) >= 11 is 0. The van der Waals surface area contributed by atoms with E-state index in [-0.39, 0.29) is 5.69 Å². The van der Waals surface area contributed by atoms with Crippen molar-refractivity contribution in [1.29, 1.82) is 0 Å². The Morgan fingerprint density at radius 3 is 3.06 bits per heavy atom. The molecule has 1 saturated carbocycles. The molecule has 0 aromatic carbocycles. The molecule has 1 N–H and O–H groups in total. The molecule has 1 unspecified atom stereocenters. The lowest BCUT2D eigenvalue weighted by Crippen LogP contribution is -2.16. The topological polar surface area (TPSA) is 68.1 Å². The van der Waals surface area contributed by atoms with Gasteiger partial charge in [-0.2, -0.15) is 0 Å². The highest BCUT2D eigenvalue weighted by Crippen LogP contribution is 2.34. The maximum atomic E-state index is 10.6. The Labute approximate surface area is 94.0 Å². The first-order valence-electron chi connectivity index (χ1n) is 5.52. The van der Waals surface area contributed by atoms with Crippen molar-refractivity contribution >= 4 is 11.5 Å². The number of pyridine rings is 1. The highest BCUT2D eigenvalue weighted by Gasteiger charge is 2.23. The molecule has 5 nitrogen and oxygen atoms in total. The maximum absolute atomic E-state index is 10.6. The van der Waals surface area contributed by atoms with E-state index in [1.807, 2.05) is 0 Å². The Kier molecular flexibility index (Phi) is 3.03. The fourth-order valence-corrected chi connectivity index (χ4v) is 1.78. The zero-order chi connectivity index (χ0) is 11.5. The van der Waals surface area contributed by atoms with Crippen LogP contribution >= 0.6 is 0 Å². The molecule has 0 radical (unpaired) electrons. The Morgan fingerprint density at radius 2 is 2.44 bits per heavy atom. The van der Waals surface area contributed by atoms with Crippen LogP contribution in [0.5, 0.6) is 0 Å². The molecule has 1 aromatic rings. The van der Waals surface area contributed by atoms with Crippen LogP contribution in [-0.2, 0) is 0 Å². The molecule has 86 valence electrons. The van der Waals surface area contributed by atoms with Gasteiger partial charge in [-0.05, 0) is 19.3 Å². The number of hydrogen-bond donors (Lipinski definition) is 1. The SMILES string of the molecule is CC(CC1CC1)Nc1cc([N+](=O)[O-])ccn1. The molecule has 5 heteroatoms. The van der Waals surface area contributed by atoms with Crippen LogP contribution in [-0.4, -0.2) is 15.9 Å². The summed E-state index contributed by atoms with van der Waals surface area (Å²) in [6.07, 6.45) is 5.21. The zero-order valence-electron chi connectivity index (χ0n) is 9.22. The van der Waals surface area contributed by atoms with E-state index >= 15 is 0 Å². The van der Waals surface area contributed by atoms with E-state index < -0.39 is 4.92 Å². The summed E-state index contributed by atoms with van der Waals surface area (Å²) in [7, 11) is 0. The van der Waals surface area contributed by atoms with Gasteiger partial charge in [0.2, 0.25) is 0 Å². The predicted octanol–water partition coefficient (Wildman–Crippen LogP) is 2.59. The molecule has 0 aliphatic heterocycles. The monoisotopic (exact) mass is 221 g/mol. The first-order chi connectivity index (χ1) is 7.65. The summed E-state index contributed by atoms with van der Waals surface area (Å²) in [5.41, 5.74) is 0.0797. The van der Waals surface area contributed by atoms with Crippen LogP contribution in [0.3, 0.4) is 0 Å². The van der Waals surface area contributed by atoms with Gasteiger partial charge in [-0.15, -0.1) is 0 Å².